The molecular weight excluding hydrogens is 478 g/mol. The number of hydrogen-bond acceptors (Lipinski definition) is 7. The summed E-state index contributed by atoms with van der Waals surface area (Å²) < 4.78 is 61.1. The van der Waals surface area contributed by atoms with Gasteiger partial charge in [0.2, 0.25) is 0 Å². The molecule has 8 nitrogen and oxygen atoms in total. The molecule has 1 aliphatic heterocycles. The SMILES string of the molecule is CCNc1cc2c(cn1)c(N1CC[C@@H](N)C1)nn2[C@H]1CC[C@@H](Oc2nccc(C(F)(F)F)c2F)CC1. The maximum absolute atomic E-state index is 14.4. The van der Waals surface area contributed by atoms with Gasteiger partial charge in [0.15, 0.2) is 11.6 Å². The van der Waals surface area contributed by atoms with Gasteiger partial charge in [0.05, 0.1) is 22.5 Å². The highest BCUT2D eigenvalue weighted by atomic mass is 19.4. The highest BCUT2D eigenvalue weighted by Gasteiger charge is 2.37. The number of halogens is 4. The predicted octanol–water partition coefficient (Wildman–Crippen LogP) is 4.52. The fraction of sp³-hybridized carbons (Fsp3) is 0.542. The standard InChI is InChI=1S/C24H29F4N7O/c1-2-30-20-11-19-17(12-32-20)22(34-10-8-14(29)13-34)33-35(19)15-3-5-16(6-4-15)36-23-21(25)18(7-9-31-23)24(26,27)28/h7,9,11-12,14-16H,2-6,8,10,13,29H2,1H3,(H,30,32)/t14-,15-,16+/m1/s1. The van der Waals surface area contributed by atoms with Gasteiger partial charge in [0, 0.05) is 44.1 Å². The van der Waals surface area contributed by atoms with E-state index in [0.29, 0.717) is 31.7 Å². The van der Waals surface area contributed by atoms with Crippen LogP contribution < -0.4 is 20.7 Å². The number of aromatic nitrogens is 4. The lowest BCUT2D eigenvalue weighted by Gasteiger charge is -2.29. The summed E-state index contributed by atoms with van der Waals surface area (Å²) in [5.74, 6) is -0.449. The van der Waals surface area contributed by atoms with Crippen LogP contribution in [0.3, 0.4) is 0 Å². The zero-order valence-corrected chi connectivity index (χ0v) is 19.9. The zero-order chi connectivity index (χ0) is 25.4. The van der Waals surface area contributed by atoms with E-state index in [9.17, 15) is 17.6 Å². The molecule has 0 radical (unpaired) electrons. The minimum Gasteiger partial charge on any atom is -0.472 e. The Morgan fingerprint density at radius 1 is 1.17 bits per heavy atom. The Morgan fingerprint density at radius 3 is 2.61 bits per heavy atom. The van der Waals surface area contributed by atoms with Crippen LogP contribution in [0, 0.1) is 5.82 Å². The van der Waals surface area contributed by atoms with Gasteiger partial charge in [0.25, 0.3) is 5.88 Å². The minimum absolute atomic E-state index is 0.0635. The van der Waals surface area contributed by atoms with Gasteiger partial charge in [0.1, 0.15) is 11.9 Å². The van der Waals surface area contributed by atoms with E-state index in [4.69, 9.17) is 15.6 Å². The van der Waals surface area contributed by atoms with Crippen LogP contribution in [-0.2, 0) is 6.18 Å². The van der Waals surface area contributed by atoms with Crippen LogP contribution in [0.5, 0.6) is 5.88 Å². The summed E-state index contributed by atoms with van der Waals surface area (Å²) in [5.41, 5.74) is 5.72. The summed E-state index contributed by atoms with van der Waals surface area (Å²) in [6.45, 7) is 4.31. The number of ether oxygens (including phenoxy) is 1. The van der Waals surface area contributed by atoms with Crippen LogP contribution in [0.2, 0.25) is 0 Å². The highest BCUT2D eigenvalue weighted by molar-refractivity contribution is 5.91. The number of fused-ring (bicyclic) bond motifs is 1. The number of nitrogens with two attached hydrogens (primary N) is 1. The zero-order valence-electron chi connectivity index (χ0n) is 19.9. The third-order valence-corrected chi connectivity index (χ3v) is 6.88. The van der Waals surface area contributed by atoms with E-state index >= 15 is 0 Å². The molecule has 1 atom stereocenters. The smallest absolute Gasteiger partial charge is 0.419 e. The van der Waals surface area contributed by atoms with Crippen LogP contribution in [0.15, 0.2) is 24.5 Å². The third kappa shape index (κ3) is 4.78. The summed E-state index contributed by atoms with van der Waals surface area (Å²) in [6.07, 6.45) is 0.873. The van der Waals surface area contributed by atoms with Gasteiger partial charge in [-0.15, -0.1) is 0 Å². The average Bonchev–Trinajstić information content (AvgIpc) is 3.44. The lowest BCUT2D eigenvalue weighted by molar-refractivity contribution is -0.140. The highest BCUT2D eigenvalue weighted by Crippen LogP contribution is 2.38. The molecule has 0 unspecified atom stereocenters. The maximum atomic E-state index is 14.4. The number of alkyl halides is 3. The topological polar surface area (TPSA) is 94.1 Å². The molecule has 3 aromatic rings. The quantitative estimate of drug-likeness (QED) is 0.474. The second-order valence-electron chi connectivity index (χ2n) is 9.40. The van der Waals surface area contributed by atoms with Crippen molar-refractivity contribution in [3.63, 3.8) is 0 Å². The summed E-state index contributed by atoms with van der Waals surface area (Å²) in [6, 6.07) is 2.78. The van der Waals surface area contributed by atoms with E-state index in [1.807, 2.05) is 23.9 Å². The van der Waals surface area contributed by atoms with Crippen molar-refractivity contribution in [2.75, 3.05) is 29.9 Å². The van der Waals surface area contributed by atoms with Gasteiger partial charge in [-0.2, -0.15) is 18.3 Å². The Bertz CT molecular complexity index is 1220. The van der Waals surface area contributed by atoms with E-state index < -0.39 is 29.5 Å². The van der Waals surface area contributed by atoms with E-state index in [-0.39, 0.29) is 12.1 Å². The van der Waals surface area contributed by atoms with Crippen molar-refractivity contribution in [1.29, 1.82) is 0 Å². The molecule has 3 N–H and O–H groups in total. The first kappa shape index (κ1) is 24.5. The Balaban J connectivity index is 1.35. The molecule has 1 saturated heterocycles. The molecule has 0 spiro atoms. The van der Waals surface area contributed by atoms with Gasteiger partial charge < -0.3 is 20.7 Å². The molecule has 2 fully saturated rings. The van der Waals surface area contributed by atoms with E-state index in [2.05, 4.69) is 20.2 Å². The van der Waals surface area contributed by atoms with E-state index in [1.165, 1.54) is 0 Å². The number of nitrogens with zero attached hydrogens (tertiary/aromatic N) is 5. The predicted molar refractivity (Wildman–Crippen MR) is 128 cm³/mol. The summed E-state index contributed by atoms with van der Waals surface area (Å²) in [4.78, 5) is 10.4. The molecule has 1 saturated carbocycles. The molecule has 194 valence electrons. The van der Waals surface area contributed by atoms with Crippen molar-refractivity contribution in [2.24, 2.45) is 5.73 Å². The monoisotopic (exact) mass is 507 g/mol. The van der Waals surface area contributed by atoms with Crippen LogP contribution >= 0.6 is 0 Å². The average molecular weight is 508 g/mol. The van der Waals surface area contributed by atoms with Crippen molar-refractivity contribution in [2.45, 2.75) is 63.4 Å². The van der Waals surface area contributed by atoms with Gasteiger partial charge in [-0.05, 0) is 45.1 Å². The van der Waals surface area contributed by atoms with Crippen molar-refractivity contribution >= 4 is 22.5 Å². The molecule has 5 rings (SSSR count). The number of pyridine rings is 2. The first-order chi connectivity index (χ1) is 17.2. The molecule has 1 aliphatic carbocycles. The molecule has 4 heterocycles. The van der Waals surface area contributed by atoms with E-state index in [0.717, 1.165) is 54.8 Å². The number of rotatable bonds is 6. The largest absolute Gasteiger partial charge is 0.472 e. The number of anilines is 2. The molecule has 3 aromatic heterocycles. The Labute approximate surface area is 205 Å². The van der Waals surface area contributed by atoms with Gasteiger partial charge >= 0.3 is 6.18 Å². The van der Waals surface area contributed by atoms with Crippen molar-refractivity contribution in [1.82, 2.24) is 19.7 Å². The summed E-state index contributed by atoms with van der Waals surface area (Å²) >= 11 is 0. The van der Waals surface area contributed by atoms with Gasteiger partial charge in [-0.3, -0.25) is 4.68 Å². The fourth-order valence-electron chi connectivity index (χ4n) is 5.08. The van der Waals surface area contributed by atoms with Crippen LogP contribution in [0.1, 0.15) is 50.6 Å². The molecule has 2 aliphatic rings. The third-order valence-electron chi connectivity index (χ3n) is 6.88. The summed E-state index contributed by atoms with van der Waals surface area (Å²) in [5, 5.41) is 9.17. The van der Waals surface area contributed by atoms with Crippen molar-refractivity contribution < 1.29 is 22.3 Å². The van der Waals surface area contributed by atoms with Crippen LogP contribution in [0.4, 0.5) is 29.2 Å². The molecule has 0 amide bonds. The second kappa shape index (κ2) is 9.72. The Kier molecular flexibility index (Phi) is 6.62. The molecule has 12 heteroatoms. The molecular formula is C24H29F4N7O. The number of nitrogens with one attached hydrogen (secondary N) is 1. The van der Waals surface area contributed by atoms with Crippen LogP contribution in [-0.4, -0.2) is 51.5 Å². The fourth-order valence-corrected chi connectivity index (χ4v) is 5.08. The molecule has 0 aromatic carbocycles. The second-order valence-corrected chi connectivity index (χ2v) is 9.40. The molecule has 0 bridgehead atoms. The number of hydrogen-bond donors (Lipinski definition) is 2. The van der Waals surface area contributed by atoms with Gasteiger partial charge in [-0.25, -0.2) is 14.4 Å². The molecule has 36 heavy (non-hydrogen) atoms. The van der Waals surface area contributed by atoms with Crippen LogP contribution in [0.25, 0.3) is 10.9 Å². The Morgan fingerprint density at radius 2 is 1.94 bits per heavy atom. The van der Waals surface area contributed by atoms with Crippen molar-refractivity contribution in [3.8, 4) is 5.88 Å². The van der Waals surface area contributed by atoms with Crippen molar-refractivity contribution in [3.05, 3.63) is 35.9 Å². The first-order valence-electron chi connectivity index (χ1n) is 12.3. The lowest BCUT2D eigenvalue weighted by Crippen LogP contribution is -2.28. The normalized spacial score (nSPS) is 22.8. The van der Waals surface area contributed by atoms with E-state index in [1.54, 1.807) is 0 Å². The van der Waals surface area contributed by atoms with Gasteiger partial charge in [-0.1, -0.05) is 0 Å². The Hall–Kier alpha value is -3.15. The first-order valence-corrected chi connectivity index (χ1v) is 12.3. The minimum atomic E-state index is -4.80. The maximum Gasteiger partial charge on any atom is 0.419 e. The lowest BCUT2D eigenvalue weighted by atomic mass is 9.93. The summed E-state index contributed by atoms with van der Waals surface area (Å²) in [7, 11) is 0.